The fourth-order valence-corrected chi connectivity index (χ4v) is 4.67. The molecule has 2 amide bonds. The van der Waals surface area contributed by atoms with E-state index in [2.05, 4.69) is 15.8 Å². The summed E-state index contributed by atoms with van der Waals surface area (Å²) in [6, 6.07) is 10.3. The molecule has 3 aromatic rings. The number of rotatable bonds is 7. The van der Waals surface area contributed by atoms with Crippen molar-refractivity contribution in [2.24, 2.45) is 5.10 Å². The minimum atomic E-state index is -0.450. The van der Waals surface area contributed by atoms with E-state index in [0.717, 1.165) is 17.5 Å². The number of ether oxygens (including phenoxy) is 3. The normalized spacial score (nSPS) is 14.8. The van der Waals surface area contributed by atoms with Crippen LogP contribution in [0.5, 0.6) is 17.2 Å². The molecule has 1 aliphatic carbocycles. The SMILES string of the molecule is Cc1c(C(=O)NCc2ccc3c(c2)OCO3)oc2c1/C(=N/NC(=O)COc1ccc(Cl)cc1Cl)CCC2. The summed E-state index contributed by atoms with van der Waals surface area (Å²) in [7, 11) is 0. The largest absolute Gasteiger partial charge is 0.482 e. The number of halogens is 2. The number of benzene rings is 2. The summed E-state index contributed by atoms with van der Waals surface area (Å²) in [6.07, 6.45) is 2.09. The highest BCUT2D eigenvalue weighted by Gasteiger charge is 2.28. The van der Waals surface area contributed by atoms with Crippen LogP contribution in [0.25, 0.3) is 0 Å². The molecule has 11 heteroatoms. The fraction of sp³-hybridized carbons (Fsp3) is 0.269. The Balaban J connectivity index is 1.23. The maximum Gasteiger partial charge on any atom is 0.287 e. The van der Waals surface area contributed by atoms with Gasteiger partial charge in [-0.2, -0.15) is 5.10 Å². The molecule has 9 nitrogen and oxygen atoms in total. The number of carbonyl (C=O) groups excluding carboxylic acids is 2. The van der Waals surface area contributed by atoms with Crippen molar-refractivity contribution in [3.8, 4) is 17.2 Å². The number of hydrogen-bond acceptors (Lipinski definition) is 7. The monoisotopic (exact) mass is 543 g/mol. The molecule has 192 valence electrons. The van der Waals surface area contributed by atoms with Crippen molar-refractivity contribution in [2.75, 3.05) is 13.4 Å². The van der Waals surface area contributed by atoms with Crippen LogP contribution >= 0.6 is 23.2 Å². The lowest BCUT2D eigenvalue weighted by atomic mass is 9.93. The number of hydrogen-bond donors (Lipinski definition) is 2. The first-order valence-corrected chi connectivity index (χ1v) is 12.4. The summed E-state index contributed by atoms with van der Waals surface area (Å²) >= 11 is 11.9. The van der Waals surface area contributed by atoms with E-state index in [1.54, 1.807) is 12.1 Å². The first kappa shape index (κ1) is 25.0. The predicted octanol–water partition coefficient (Wildman–Crippen LogP) is 4.79. The quantitative estimate of drug-likeness (QED) is 0.414. The molecular weight excluding hydrogens is 521 g/mol. The molecule has 0 atom stereocenters. The molecule has 0 radical (unpaired) electrons. The Hall–Kier alpha value is -3.69. The highest BCUT2D eigenvalue weighted by atomic mass is 35.5. The second-order valence-corrected chi connectivity index (χ2v) is 9.38. The van der Waals surface area contributed by atoms with Crippen LogP contribution in [0.15, 0.2) is 45.9 Å². The second-order valence-electron chi connectivity index (χ2n) is 8.54. The zero-order chi connectivity index (χ0) is 25.9. The van der Waals surface area contributed by atoms with Crippen LogP contribution in [-0.4, -0.2) is 30.9 Å². The smallest absolute Gasteiger partial charge is 0.287 e. The highest BCUT2D eigenvalue weighted by Crippen LogP contribution is 2.33. The lowest BCUT2D eigenvalue weighted by Crippen LogP contribution is -2.27. The van der Waals surface area contributed by atoms with Gasteiger partial charge in [-0.25, -0.2) is 5.43 Å². The molecule has 2 aromatic carbocycles. The van der Waals surface area contributed by atoms with Crippen LogP contribution in [0, 0.1) is 6.92 Å². The predicted molar refractivity (Wildman–Crippen MR) is 137 cm³/mol. The van der Waals surface area contributed by atoms with Crippen LogP contribution in [0.2, 0.25) is 10.0 Å². The molecule has 37 heavy (non-hydrogen) atoms. The Morgan fingerprint density at radius 2 is 1.92 bits per heavy atom. The van der Waals surface area contributed by atoms with E-state index >= 15 is 0 Å². The maximum atomic E-state index is 12.9. The molecule has 2 N–H and O–H groups in total. The van der Waals surface area contributed by atoms with E-state index in [1.807, 2.05) is 25.1 Å². The maximum absolute atomic E-state index is 12.9. The number of nitrogens with one attached hydrogen (secondary N) is 2. The lowest BCUT2D eigenvalue weighted by Gasteiger charge is -2.13. The van der Waals surface area contributed by atoms with Gasteiger partial charge in [-0.3, -0.25) is 9.59 Å². The number of hydrazone groups is 1. The van der Waals surface area contributed by atoms with Crippen molar-refractivity contribution in [1.82, 2.24) is 10.7 Å². The van der Waals surface area contributed by atoms with Crippen LogP contribution in [0.3, 0.4) is 0 Å². The number of carbonyl (C=O) groups is 2. The topological polar surface area (TPSA) is 111 Å². The fourth-order valence-electron chi connectivity index (χ4n) is 4.21. The number of amides is 2. The third-order valence-electron chi connectivity index (χ3n) is 5.99. The third kappa shape index (κ3) is 5.52. The van der Waals surface area contributed by atoms with Gasteiger partial charge in [0.05, 0.1) is 10.7 Å². The van der Waals surface area contributed by atoms with Crippen LogP contribution in [0.1, 0.15) is 45.8 Å². The van der Waals surface area contributed by atoms with Gasteiger partial charge in [0.1, 0.15) is 11.5 Å². The molecule has 1 aromatic heterocycles. The van der Waals surface area contributed by atoms with Gasteiger partial charge < -0.3 is 23.9 Å². The zero-order valence-corrected chi connectivity index (χ0v) is 21.4. The Labute approximate surface area is 222 Å². The lowest BCUT2D eigenvalue weighted by molar-refractivity contribution is -0.123. The summed E-state index contributed by atoms with van der Waals surface area (Å²) in [5.74, 6) is 1.80. The van der Waals surface area contributed by atoms with Gasteiger partial charge in [0.25, 0.3) is 11.8 Å². The summed E-state index contributed by atoms with van der Waals surface area (Å²) in [5.41, 5.74) is 5.47. The number of furan rings is 1. The van der Waals surface area contributed by atoms with Gasteiger partial charge >= 0.3 is 0 Å². The zero-order valence-electron chi connectivity index (χ0n) is 19.9. The van der Waals surface area contributed by atoms with Gasteiger partial charge in [-0.05, 0) is 55.7 Å². The standard InChI is InChI=1S/C26H23Cl2N3O6/c1-14-24-18(30-31-23(32)12-34-19-8-6-16(27)10-17(19)28)3-2-4-21(24)37-25(14)26(33)29-11-15-5-7-20-22(9-15)36-13-35-20/h5-10H,2-4,11-13H2,1H3,(H,29,33)(H,31,32)/b30-18+. The summed E-state index contributed by atoms with van der Waals surface area (Å²) in [5, 5.41) is 7.96. The Kier molecular flexibility index (Phi) is 7.25. The van der Waals surface area contributed by atoms with Gasteiger partial charge in [0.15, 0.2) is 23.9 Å². The van der Waals surface area contributed by atoms with E-state index in [-0.39, 0.29) is 25.1 Å². The van der Waals surface area contributed by atoms with Gasteiger partial charge in [0.2, 0.25) is 6.79 Å². The van der Waals surface area contributed by atoms with Crippen molar-refractivity contribution in [2.45, 2.75) is 32.7 Å². The molecule has 5 rings (SSSR count). The second kappa shape index (κ2) is 10.7. The first-order chi connectivity index (χ1) is 17.9. The Morgan fingerprint density at radius 1 is 1.08 bits per heavy atom. The minimum Gasteiger partial charge on any atom is -0.482 e. The number of nitrogens with zero attached hydrogens (tertiary/aromatic N) is 1. The molecule has 0 saturated carbocycles. The molecule has 0 bridgehead atoms. The van der Waals surface area contributed by atoms with Crippen molar-refractivity contribution in [3.63, 3.8) is 0 Å². The van der Waals surface area contributed by atoms with E-state index in [4.69, 9.17) is 41.8 Å². The summed E-state index contributed by atoms with van der Waals surface area (Å²) in [4.78, 5) is 25.2. The molecule has 1 aliphatic heterocycles. The third-order valence-corrected chi connectivity index (χ3v) is 6.52. The van der Waals surface area contributed by atoms with Crippen molar-refractivity contribution in [1.29, 1.82) is 0 Å². The number of fused-ring (bicyclic) bond motifs is 2. The molecule has 0 unspecified atom stereocenters. The Bertz CT molecular complexity index is 1400. The van der Waals surface area contributed by atoms with E-state index < -0.39 is 5.91 Å². The molecule has 2 aliphatic rings. The van der Waals surface area contributed by atoms with Gasteiger partial charge in [0, 0.05) is 29.1 Å². The molecule has 2 heterocycles. The molecular formula is C26H23Cl2N3O6. The van der Waals surface area contributed by atoms with Crippen molar-refractivity contribution in [3.05, 3.63) is 74.7 Å². The highest BCUT2D eigenvalue weighted by molar-refractivity contribution is 6.35. The van der Waals surface area contributed by atoms with Crippen molar-refractivity contribution < 1.29 is 28.2 Å². The van der Waals surface area contributed by atoms with Gasteiger partial charge in [-0.1, -0.05) is 29.3 Å². The Morgan fingerprint density at radius 3 is 2.76 bits per heavy atom. The van der Waals surface area contributed by atoms with Crippen molar-refractivity contribution >= 4 is 40.7 Å². The summed E-state index contributed by atoms with van der Waals surface area (Å²) in [6.45, 7) is 2.03. The van der Waals surface area contributed by atoms with Crippen LogP contribution < -0.4 is 25.0 Å². The molecule has 0 fully saturated rings. The molecule has 0 spiro atoms. The summed E-state index contributed by atoms with van der Waals surface area (Å²) < 4.78 is 22.1. The van der Waals surface area contributed by atoms with Crippen LogP contribution in [0.4, 0.5) is 0 Å². The van der Waals surface area contributed by atoms with E-state index in [0.29, 0.717) is 63.7 Å². The van der Waals surface area contributed by atoms with E-state index in [9.17, 15) is 9.59 Å². The number of aryl methyl sites for hydroxylation is 1. The minimum absolute atomic E-state index is 0.191. The average molecular weight is 544 g/mol. The average Bonchev–Trinajstić information content (AvgIpc) is 3.49. The van der Waals surface area contributed by atoms with E-state index in [1.165, 1.54) is 6.07 Å². The molecule has 0 saturated heterocycles. The van der Waals surface area contributed by atoms with Crippen LogP contribution in [-0.2, 0) is 17.8 Å². The van der Waals surface area contributed by atoms with Gasteiger partial charge in [-0.15, -0.1) is 0 Å². The first-order valence-electron chi connectivity index (χ1n) is 11.6.